The maximum atomic E-state index is 4.20. The second-order valence-corrected chi connectivity index (χ2v) is 4.61. The summed E-state index contributed by atoms with van der Waals surface area (Å²) in [4.78, 5) is 8.28. The normalized spacial score (nSPS) is 17.5. The minimum Gasteiger partial charge on any atom is -0.368 e. The van der Waals surface area contributed by atoms with Crippen molar-refractivity contribution in [3.63, 3.8) is 0 Å². The highest BCUT2D eigenvalue weighted by molar-refractivity contribution is 5.35. The molecule has 1 aliphatic carbocycles. The Balaban J connectivity index is 1.79. The molecule has 1 unspecified atom stereocenters. The van der Waals surface area contributed by atoms with Crippen LogP contribution in [0.1, 0.15) is 38.3 Å². The SMILES string of the molecule is Cc1cc(NC(C)CCC2CC2)ncn1. The van der Waals surface area contributed by atoms with E-state index in [4.69, 9.17) is 0 Å². The second-order valence-electron chi connectivity index (χ2n) is 4.61. The molecule has 0 bridgehead atoms. The van der Waals surface area contributed by atoms with Gasteiger partial charge in [-0.2, -0.15) is 0 Å². The molecule has 1 heterocycles. The van der Waals surface area contributed by atoms with Gasteiger partial charge in [0.05, 0.1) is 0 Å². The Kier molecular flexibility index (Phi) is 3.19. The summed E-state index contributed by atoms with van der Waals surface area (Å²) in [6.07, 6.45) is 7.11. The topological polar surface area (TPSA) is 37.8 Å². The molecule has 1 atom stereocenters. The Bertz CT molecular complexity index is 320. The summed E-state index contributed by atoms with van der Waals surface area (Å²) < 4.78 is 0. The Morgan fingerprint density at radius 2 is 2.27 bits per heavy atom. The van der Waals surface area contributed by atoms with Crippen LogP contribution in [0.3, 0.4) is 0 Å². The molecule has 1 N–H and O–H groups in total. The third kappa shape index (κ3) is 3.50. The average Bonchev–Trinajstić information content (AvgIpc) is 2.98. The lowest BCUT2D eigenvalue weighted by Gasteiger charge is -2.14. The van der Waals surface area contributed by atoms with E-state index in [1.807, 2.05) is 13.0 Å². The number of hydrogen-bond acceptors (Lipinski definition) is 3. The highest BCUT2D eigenvalue weighted by Gasteiger charge is 2.21. The zero-order chi connectivity index (χ0) is 10.7. The molecule has 0 radical (unpaired) electrons. The number of hydrogen-bond donors (Lipinski definition) is 1. The number of aryl methyl sites for hydroxylation is 1. The fourth-order valence-electron chi connectivity index (χ4n) is 1.75. The quantitative estimate of drug-likeness (QED) is 0.803. The van der Waals surface area contributed by atoms with Gasteiger partial charge in [0, 0.05) is 17.8 Å². The van der Waals surface area contributed by atoms with Gasteiger partial charge in [-0.25, -0.2) is 9.97 Å². The number of anilines is 1. The van der Waals surface area contributed by atoms with Gasteiger partial charge in [0.15, 0.2) is 0 Å². The summed E-state index contributed by atoms with van der Waals surface area (Å²) in [5.41, 5.74) is 1.02. The van der Waals surface area contributed by atoms with Gasteiger partial charge < -0.3 is 5.32 Å². The van der Waals surface area contributed by atoms with E-state index < -0.39 is 0 Å². The van der Waals surface area contributed by atoms with Crippen molar-refractivity contribution in [2.75, 3.05) is 5.32 Å². The Labute approximate surface area is 91.3 Å². The van der Waals surface area contributed by atoms with E-state index in [0.717, 1.165) is 17.4 Å². The minimum atomic E-state index is 0.514. The van der Waals surface area contributed by atoms with Gasteiger partial charge in [0.2, 0.25) is 0 Å². The zero-order valence-electron chi connectivity index (χ0n) is 9.53. The molecule has 15 heavy (non-hydrogen) atoms. The Hall–Kier alpha value is -1.12. The summed E-state index contributed by atoms with van der Waals surface area (Å²) in [7, 11) is 0. The number of aromatic nitrogens is 2. The van der Waals surface area contributed by atoms with Crippen LogP contribution in [0.5, 0.6) is 0 Å². The lowest BCUT2D eigenvalue weighted by molar-refractivity contribution is 0.608. The first-order valence-corrected chi connectivity index (χ1v) is 5.79. The highest BCUT2D eigenvalue weighted by Crippen LogP contribution is 2.34. The molecular weight excluding hydrogens is 186 g/mol. The molecule has 1 aromatic heterocycles. The van der Waals surface area contributed by atoms with Crippen molar-refractivity contribution in [1.29, 1.82) is 0 Å². The van der Waals surface area contributed by atoms with Crippen LogP contribution >= 0.6 is 0 Å². The fraction of sp³-hybridized carbons (Fsp3) is 0.667. The van der Waals surface area contributed by atoms with Crippen LogP contribution in [0.4, 0.5) is 5.82 Å². The van der Waals surface area contributed by atoms with Crippen LogP contribution in [0, 0.1) is 12.8 Å². The number of nitrogens with one attached hydrogen (secondary N) is 1. The first kappa shape index (κ1) is 10.4. The summed E-state index contributed by atoms with van der Waals surface area (Å²) >= 11 is 0. The third-order valence-corrected chi connectivity index (χ3v) is 2.90. The summed E-state index contributed by atoms with van der Waals surface area (Å²) in [5.74, 6) is 1.96. The maximum absolute atomic E-state index is 4.20. The van der Waals surface area contributed by atoms with Crippen LogP contribution in [0.25, 0.3) is 0 Å². The molecule has 0 amide bonds. The van der Waals surface area contributed by atoms with Gasteiger partial charge >= 0.3 is 0 Å². The zero-order valence-corrected chi connectivity index (χ0v) is 9.53. The minimum absolute atomic E-state index is 0.514. The van der Waals surface area contributed by atoms with Gasteiger partial charge in [0.1, 0.15) is 12.1 Å². The van der Waals surface area contributed by atoms with Crippen molar-refractivity contribution < 1.29 is 0 Å². The van der Waals surface area contributed by atoms with Crippen LogP contribution < -0.4 is 5.32 Å². The van der Waals surface area contributed by atoms with E-state index in [-0.39, 0.29) is 0 Å². The number of nitrogens with zero attached hydrogens (tertiary/aromatic N) is 2. The van der Waals surface area contributed by atoms with Crippen molar-refractivity contribution in [1.82, 2.24) is 9.97 Å². The molecule has 1 aromatic rings. The predicted octanol–water partition coefficient (Wildman–Crippen LogP) is 2.78. The Morgan fingerprint density at radius 1 is 1.47 bits per heavy atom. The fourth-order valence-corrected chi connectivity index (χ4v) is 1.75. The highest BCUT2D eigenvalue weighted by atomic mass is 15.0. The lowest BCUT2D eigenvalue weighted by atomic mass is 10.1. The maximum Gasteiger partial charge on any atom is 0.129 e. The molecule has 1 saturated carbocycles. The van der Waals surface area contributed by atoms with E-state index in [2.05, 4.69) is 22.2 Å². The van der Waals surface area contributed by atoms with Crippen molar-refractivity contribution in [2.24, 2.45) is 5.92 Å². The smallest absolute Gasteiger partial charge is 0.129 e. The van der Waals surface area contributed by atoms with Crippen LogP contribution in [-0.2, 0) is 0 Å². The average molecular weight is 205 g/mol. The summed E-state index contributed by atoms with van der Waals surface area (Å²) in [6.45, 7) is 4.21. The van der Waals surface area contributed by atoms with Gasteiger partial charge in [-0.05, 0) is 32.6 Å². The van der Waals surface area contributed by atoms with Gasteiger partial charge in [0.25, 0.3) is 0 Å². The first-order valence-electron chi connectivity index (χ1n) is 5.79. The number of rotatable bonds is 5. The van der Waals surface area contributed by atoms with Crippen molar-refractivity contribution in [2.45, 2.75) is 45.6 Å². The molecule has 0 spiro atoms. The van der Waals surface area contributed by atoms with E-state index in [9.17, 15) is 0 Å². The molecule has 3 nitrogen and oxygen atoms in total. The van der Waals surface area contributed by atoms with E-state index in [1.165, 1.54) is 25.7 Å². The van der Waals surface area contributed by atoms with Crippen LogP contribution in [-0.4, -0.2) is 16.0 Å². The van der Waals surface area contributed by atoms with E-state index in [1.54, 1.807) is 6.33 Å². The first-order chi connectivity index (χ1) is 7.24. The lowest BCUT2D eigenvalue weighted by Crippen LogP contribution is -2.16. The van der Waals surface area contributed by atoms with E-state index >= 15 is 0 Å². The van der Waals surface area contributed by atoms with Crippen molar-refractivity contribution in [3.05, 3.63) is 18.1 Å². The van der Waals surface area contributed by atoms with Gasteiger partial charge in [-0.15, -0.1) is 0 Å². The van der Waals surface area contributed by atoms with Gasteiger partial charge in [-0.3, -0.25) is 0 Å². The van der Waals surface area contributed by atoms with Crippen molar-refractivity contribution >= 4 is 5.82 Å². The molecule has 1 fully saturated rings. The third-order valence-electron chi connectivity index (χ3n) is 2.90. The van der Waals surface area contributed by atoms with Gasteiger partial charge in [-0.1, -0.05) is 12.8 Å². The molecule has 82 valence electrons. The molecule has 0 saturated heterocycles. The second kappa shape index (κ2) is 4.60. The Morgan fingerprint density at radius 3 is 2.93 bits per heavy atom. The van der Waals surface area contributed by atoms with E-state index in [0.29, 0.717) is 6.04 Å². The summed E-state index contributed by atoms with van der Waals surface area (Å²) in [5, 5.41) is 3.41. The molecule has 0 aliphatic heterocycles. The molecule has 0 aromatic carbocycles. The van der Waals surface area contributed by atoms with Crippen LogP contribution in [0.15, 0.2) is 12.4 Å². The molecule has 1 aliphatic rings. The van der Waals surface area contributed by atoms with Crippen LogP contribution in [0.2, 0.25) is 0 Å². The standard InChI is InChI=1S/C12H19N3/c1-9(3-4-11-5-6-11)15-12-7-10(2)13-8-14-12/h7-9,11H,3-6H2,1-2H3,(H,13,14,15). The molecular formula is C12H19N3. The van der Waals surface area contributed by atoms with Crippen molar-refractivity contribution in [3.8, 4) is 0 Å². The molecule has 2 rings (SSSR count). The molecule has 3 heteroatoms. The predicted molar refractivity (Wildman–Crippen MR) is 61.8 cm³/mol. The summed E-state index contributed by atoms with van der Waals surface area (Å²) in [6, 6.07) is 2.51. The largest absolute Gasteiger partial charge is 0.368 e. The monoisotopic (exact) mass is 205 g/mol.